The van der Waals surface area contributed by atoms with E-state index in [2.05, 4.69) is 13.0 Å². The van der Waals surface area contributed by atoms with E-state index in [4.69, 9.17) is 10.5 Å². The van der Waals surface area contributed by atoms with Crippen LogP contribution in [0.5, 0.6) is 0 Å². The second-order valence-corrected chi connectivity index (χ2v) is 5.14. The molecule has 1 aliphatic heterocycles. The molecule has 0 spiro atoms. The van der Waals surface area contributed by atoms with Gasteiger partial charge in [-0.2, -0.15) is 0 Å². The van der Waals surface area contributed by atoms with Gasteiger partial charge in [0.05, 0.1) is 0 Å². The van der Waals surface area contributed by atoms with E-state index in [1.165, 1.54) is 5.57 Å². The van der Waals surface area contributed by atoms with E-state index in [1.54, 1.807) is 0 Å². The fourth-order valence-electron chi connectivity index (χ4n) is 2.43. The summed E-state index contributed by atoms with van der Waals surface area (Å²) >= 11 is 0. The van der Waals surface area contributed by atoms with Crippen molar-refractivity contribution in [3.63, 3.8) is 0 Å². The molecule has 0 aromatic heterocycles. The molecule has 3 heteroatoms. The lowest BCUT2D eigenvalue weighted by atomic mass is 9.84. The van der Waals surface area contributed by atoms with Crippen molar-refractivity contribution >= 4 is 5.97 Å². The molecule has 0 saturated carbocycles. The topological polar surface area (TPSA) is 52.3 Å². The molecular weight excluding hydrogens is 190 g/mol. The zero-order valence-corrected chi connectivity index (χ0v) is 9.45. The van der Waals surface area contributed by atoms with Crippen LogP contribution in [0.25, 0.3) is 0 Å². The largest absolute Gasteiger partial charge is 0.462 e. The molecule has 0 amide bonds. The molecule has 2 aliphatic rings. The third kappa shape index (κ3) is 2.23. The summed E-state index contributed by atoms with van der Waals surface area (Å²) in [7, 11) is 0. The molecule has 2 rings (SSSR count). The van der Waals surface area contributed by atoms with Crippen molar-refractivity contribution in [2.75, 3.05) is 0 Å². The Bertz CT molecular complexity index is 307. The van der Waals surface area contributed by atoms with Crippen molar-refractivity contribution in [3.8, 4) is 0 Å². The zero-order valence-electron chi connectivity index (χ0n) is 9.45. The Hall–Kier alpha value is -0.830. The van der Waals surface area contributed by atoms with E-state index in [-0.39, 0.29) is 17.6 Å². The number of rotatable bonds is 0. The van der Waals surface area contributed by atoms with Crippen LogP contribution in [0.1, 0.15) is 39.5 Å². The zero-order chi connectivity index (χ0) is 11.1. The van der Waals surface area contributed by atoms with Crippen LogP contribution in [-0.4, -0.2) is 17.6 Å². The Kier molecular flexibility index (Phi) is 2.59. The highest BCUT2D eigenvalue weighted by Gasteiger charge is 2.35. The normalized spacial score (nSPS) is 41.3. The van der Waals surface area contributed by atoms with Crippen LogP contribution in [0, 0.1) is 5.92 Å². The average Bonchev–Trinajstić information content (AvgIpc) is 2.32. The first kappa shape index (κ1) is 10.7. The van der Waals surface area contributed by atoms with E-state index >= 15 is 0 Å². The fraction of sp³-hybridized carbons (Fsp3) is 0.750. The third-order valence-electron chi connectivity index (χ3n) is 3.63. The molecule has 15 heavy (non-hydrogen) atoms. The number of ether oxygens (including phenoxy) is 1. The van der Waals surface area contributed by atoms with Gasteiger partial charge in [0.15, 0.2) is 0 Å². The van der Waals surface area contributed by atoms with Gasteiger partial charge >= 0.3 is 5.97 Å². The molecule has 0 aromatic rings. The van der Waals surface area contributed by atoms with Crippen molar-refractivity contribution < 1.29 is 9.53 Å². The summed E-state index contributed by atoms with van der Waals surface area (Å²) < 4.78 is 5.39. The molecule has 2 bridgehead atoms. The molecule has 3 atom stereocenters. The minimum absolute atomic E-state index is 0.00815. The number of fused-ring (bicyclic) bond motifs is 2. The third-order valence-corrected chi connectivity index (χ3v) is 3.63. The quantitative estimate of drug-likeness (QED) is 0.488. The minimum Gasteiger partial charge on any atom is -0.462 e. The number of esters is 1. The van der Waals surface area contributed by atoms with Gasteiger partial charge in [0.1, 0.15) is 6.10 Å². The predicted octanol–water partition coefficient (Wildman–Crippen LogP) is 1.77. The highest BCUT2D eigenvalue weighted by atomic mass is 16.5. The van der Waals surface area contributed by atoms with Crippen LogP contribution in [0.4, 0.5) is 0 Å². The van der Waals surface area contributed by atoms with E-state index in [1.807, 2.05) is 6.92 Å². The van der Waals surface area contributed by atoms with Gasteiger partial charge in [-0.05, 0) is 19.3 Å². The van der Waals surface area contributed by atoms with Crippen molar-refractivity contribution in [3.05, 3.63) is 11.6 Å². The second kappa shape index (κ2) is 3.63. The van der Waals surface area contributed by atoms with Crippen LogP contribution in [0.15, 0.2) is 11.6 Å². The summed E-state index contributed by atoms with van der Waals surface area (Å²) in [6.45, 7) is 4.19. The van der Waals surface area contributed by atoms with E-state index < -0.39 is 0 Å². The molecule has 1 saturated heterocycles. The van der Waals surface area contributed by atoms with Crippen molar-refractivity contribution in [1.82, 2.24) is 0 Å². The van der Waals surface area contributed by atoms with Gasteiger partial charge in [-0.3, -0.25) is 4.79 Å². The lowest BCUT2D eigenvalue weighted by Crippen LogP contribution is -2.44. The maximum absolute atomic E-state index is 11.3. The molecule has 3 nitrogen and oxygen atoms in total. The monoisotopic (exact) mass is 209 g/mol. The van der Waals surface area contributed by atoms with Gasteiger partial charge in [-0.15, -0.1) is 0 Å². The highest BCUT2D eigenvalue weighted by Crippen LogP contribution is 2.34. The second-order valence-electron chi connectivity index (χ2n) is 5.14. The fourth-order valence-corrected chi connectivity index (χ4v) is 2.43. The Morgan fingerprint density at radius 2 is 2.27 bits per heavy atom. The Balaban J connectivity index is 2.27. The molecule has 1 fully saturated rings. The molecule has 1 heterocycles. The first-order valence-corrected chi connectivity index (χ1v) is 5.65. The van der Waals surface area contributed by atoms with E-state index in [9.17, 15) is 4.79 Å². The first-order chi connectivity index (χ1) is 6.97. The summed E-state index contributed by atoms with van der Waals surface area (Å²) in [4.78, 5) is 11.3. The van der Waals surface area contributed by atoms with Gasteiger partial charge < -0.3 is 10.5 Å². The molecule has 84 valence electrons. The maximum atomic E-state index is 11.3. The van der Waals surface area contributed by atoms with Crippen molar-refractivity contribution in [1.29, 1.82) is 0 Å². The molecule has 1 aliphatic carbocycles. The lowest BCUT2D eigenvalue weighted by Gasteiger charge is -2.31. The number of carbonyl (C=O) groups excluding carboxylic acids is 1. The van der Waals surface area contributed by atoms with Crippen molar-refractivity contribution in [2.24, 2.45) is 11.7 Å². The average molecular weight is 209 g/mol. The summed E-state index contributed by atoms with van der Waals surface area (Å²) in [5.41, 5.74) is 7.32. The smallest absolute Gasteiger partial charge is 0.306 e. The maximum Gasteiger partial charge on any atom is 0.306 e. The number of nitrogens with two attached hydrogens (primary N) is 1. The number of carbonyl (C=O) groups is 1. The van der Waals surface area contributed by atoms with Crippen molar-refractivity contribution in [2.45, 2.75) is 51.2 Å². The van der Waals surface area contributed by atoms with Gasteiger partial charge in [-0.1, -0.05) is 18.6 Å². The van der Waals surface area contributed by atoms with Gasteiger partial charge in [0.2, 0.25) is 0 Å². The lowest BCUT2D eigenvalue weighted by molar-refractivity contribution is -0.148. The number of hydrogen-bond donors (Lipinski definition) is 1. The first-order valence-electron chi connectivity index (χ1n) is 5.65. The summed E-state index contributed by atoms with van der Waals surface area (Å²) in [6.07, 6.45) is 5.24. The van der Waals surface area contributed by atoms with Crippen LogP contribution in [0.3, 0.4) is 0 Å². The van der Waals surface area contributed by atoms with Crippen LogP contribution in [-0.2, 0) is 9.53 Å². The SMILES string of the molecule is CC1C=C2CCC(=O)OC(C2)CC1(C)N. The highest BCUT2D eigenvalue weighted by molar-refractivity contribution is 5.70. The summed E-state index contributed by atoms with van der Waals surface area (Å²) in [5, 5.41) is 0. The Labute approximate surface area is 90.7 Å². The molecule has 0 radical (unpaired) electrons. The van der Waals surface area contributed by atoms with Gasteiger partial charge in [-0.25, -0.2) is 0 Å². The van der Waals surface area contributed by atoms with Crippen LogP contribution in [0.2, 0.25) is 0 Å². The van der Waals surface area contributed by atoms with E-state index in [0.29, 0.717) is 12.3 Å². The number of hydrogen-bond acceptors (Lipinski definition) is 3. The minimum atomic E-state index is -0.260. The molecule has 2 N–H and O–H groups in total. The predicted molar refractivity (Wildman–Crippen MR) is 58.2 cm³/mol. The van der Waals surface area contributed by atoms with Gasteiger partial charge in [0, 0.05) is 24.8 Å². The van der Waals surface area contributed by atoms with Crippen LogP contribution < -0.4 is 5.73 Å². The standard InChI is InChI=1S/C12H19NO2/c1-8-5-9-3-4-11(14)15-10(6-9)7-12(8,2)13/h5,8,10H,3-4,6-7,13H2,1-2H3. The molecule has 3 unspecified atom stereocenters. The summed E-state index contributed by atoms with van der Waals surface area (Å²) in [5.74, 6) is 0.281. The molecule has 0 aromatic carbocycles. The van der Waals surface area contributed by atoms with Gasteiger partial charge in [0.25, 0.3) is 0 Å². The van der Waals surface area contributed by atoms with Crippen LogP contribution >= 0.6 is 0 Å². The Morgan fingerprint density at radius 1 is 1.53 bits per heavy atom. The Morgan fingerprint density at radius 3 is 3.00 bits per heavy atom. The molecular formula is C12H19NO2. The van der Waals surface area contributed by atoms with E-state index in [0.717, 1.165) is 19.3 Å². The summed E-state index contributed by atoms with van der Waals surface area (Å²) in [6, 6.07) is 0.